The van der Waals surface area contributed by atoms with Gasteiger partial charge in [-0.1, -0.05) is 43.7 Å². The first-order valence-electron chi connectivity index (χ1n) is 12.5. The summed E-state index contributed by atoms with van der Waals surface area (Å²) in [6, 6.07) is 7.61. The molecule has 3 fully saturated rings. The molecule has 9 heteroatoms. The molecule has 7 rings (SSSR count). The van der Waals surface area contributed by atoms with Crippen LogP contribution in [0.25, 0.3) is 10.9 Å². The van der Waals surface area contributed by atoms with Gasteiger partial charge in [-0.3, -0.25) is 4.98 Å². The van der Waals surface area contributed by atoms with E-state index in [1.165, 1.54) is 19.3 Å². The number of halogens is 1. The first-order valence-corrected chi connectivity index (χ1v) is 12.8. The monoisotopic (exact) mass is 502 g/mol. The number of hydrogen-bond donors (Lipinski definition) is 2. The van der Waals surface area contributed by atoms with Gasteiger partial charge in [0.25, 0.3) is 0 Å². The summed E-state index contributed by atoms with van der Waals surface area (Å²) in [4.78, 5) is 14.6. The number of aryl methyl sites for hydroxylation is 1. The predicted octanol–water partition coefficient (Wildman–Crippen LogP) is 5.31. The summed E-state index contributed by atoms with van der Waals surface area (Å²) in [5.74, 6) is 1.82. The molecule has 3 saturated carbocycles. The van der Waals surface area contributed by atoms with E-state index in [9.17, 15) is 0 Å². The lowest BCUT2D eigenvalue weighted by Gasteiger charge is -2.61. The second kappa shape index (κ2) is 8.13. The molecule has 1 atom stereocenters. The van der Waals surface area contributed by atoms with Crippen LogP contribution in [0.1, 0.15) is 68.7 Å². The van der Waals surface area contributed by atoms with Crippen LogP contribution in [0.3, 0.4) is 0 Å². The second-order valence-electron chi connectivity index (χ2n) is 11.6. The van der Waals surface area contributed by atoms with E-state index in [1.807, 2.05) is 19.1 Å². The van der Waals surface area contributed by atoms with E-state index >= 15 is 0 Å². The molecule has 3 heterocycles. The maximum absolute atomic E-state index is 6.68. The first kappa shape index (κ1) is 23.2. The zero-order valence-corrected chi connectivity index (χ0v) is 21.8. The Morgan fingerprint density at radius 2 is 2.00 bits per heavy atom. The van der Waals surface area contributed by atoms with Crippen molar-refractivity contribution >= 4 is 34.0 Å². The molecule has 0 aliphatic heterocycles. The van der Waals surface area contributed by atoms with E-state index in [2.05, 4.69) is 58.3 Å². The minimum Gasteiger partial charge on any atom is -0.399 e. The van der Waals surface area contributed by atoms with Crippen molar-refractivity contribution in [3.05, 3.63) is 64.5 Å². The highest BCUT2D eigenvalue weighted by molar-refractivity contribution is 6.35. The maximum Gasteiger partial charge on any atom is 0.145 e. The van der Waals surface area contributed by atoms with Gasteiger partial charge in [-0.05, 0) is 61.3 Å². The number of aromatic nitrogens is 6. The molecule has 3 N–H and O–H groups in total. The van der Waals surface area contributed by atoms with Crippen LogP contribution in [0.2, 0.25) is 5.02 Å². The van der Waals surface area contributed by atoms with Crippen molar-refractivity contribution in [2.45, 2.75) is 58.4 Å². The van der Waals surface area contributed by atoms with Crippen molar-refractivity contribution in [1.29, 1.82) is 0 Å². The molecule has 4 aromatic rings. The fourth-order valence-corrected chi connectivity index (χ4v) is 5.70. The number of nitrogen functional groups attached to an aromatic ring is 1. The van der Waals surface area contributed by atoms with Crippen LogP contribution in [-0.4, -0.2) is 36.5 Å². The number of benzene rings is 1. The Kier molecular flexibility index (Phi) is 5.23. The second-order valence-corrected chi connectivity index (χ2v) is 12.1. The number of fused-ring (bicyclic) bond motifs is 1. The van der Waals surface area contributed by atoms with Gasteiger partial charge in [-0.25, -0.2) is 14.6 Å². The van der Waals surface area contributed by atoms with Crippen LogP contribution >= 0.6 is 11.6 Å². The molecule has 0 saturated heterocycles. The Balaban J connectivity index is 1.53. The van der Waals surface area contributed by atoms with Gasteiger partial charge in [0.05, 0.1) is 33.9 Å². The van der Waals surface area contributed by atoms with Gasteiger partial charge in [-0.2, -0.15) is 0 Å². The summed E-state index contributed by atoms with van der Waals surface area (Å²) < 4.78 is 2.06. The van der Waals surface area contributed by atoms with Crippen molar-refractivity contribution < 1.29 is 0 Å². The van der Waals surface area contributed by atoms with Crippen molar-refractivity contribution in [1.82, 2.24) is 29.9 Å². The van der Waals surface area contributed by atoms with Gasteiger partial charge >= 0.3 is 0 Å². The molecule has 186 valence electrons. The van der Waals surface area contributed by atoms with Crippen LogP contribution in [-0.2, 0) is 5.54 Å². The van der Waals surface area contributed by atoms with Gasteiger partial charge in [0.2, 0.25) is 0 Å². The third-order valence-electron chi connectivity index (χ3n) is 7.50. The lowest BCUT2D eigenvalue weighted by Crippen LogP contribution is -2.59. The Morgan fingerprint density at radius 1 is 1.22 bits per heavy atom. The largest absolute Gasteiger partial charge is 0.399 e. The molecule has 36 heavy (non-hydrogen) atoms. The molecule has 3 aliphatic carbocycles. The minimum absolute atomic E-state index is 0.0479. The van der Waals surface area contributed by atoms with E-state index in [0.29, 0.717) is 27.9 Å². The number of nitrogens with two attached hydrogens (primary N) is 1. The third-order valence-corrected chi connectivity index (χ3v) is 7.78. The summed E-state index contributed by atoms with van der Waals surface area (Å²) in [5, 5.41) is 14.0. The standard InChI is InChI=1S/C27H31ClN8/c1-15-18(6-5-7-30-15)22(21-13-36(35-34-21)27-10-16(11-27)12-27)25-32-23-19(8-17(29)9-20(23)28)24(33-25)31-14-26(2,3)4/h5-9,13,16,22H,10-12,14,29H2,1-4H3,(H,31,32,33). The van der Waals surface area contributed by atoms with Crippen molar-refractivity contribution in [3.8, 4) is 0 Å². The van der Waals surface area contributed by atoms with Crippen molar-refractivity contribution in [2.75, 3.05) is 17.6 Å². The summed E-state index contributed by atoms with van der Waals surface area (Å²) in [5.41, 5.74) is 10.3. The summed E-state index contributed by atoms with van der Waals surface area (Å²) in [6.45, 7) is 9.26. The van der Waals surface area contributed by atoms with E-state index in [0.717, 1.165) is 34.8 Å². The van der Waals surface area contributed by atoms with E-state index < -0.39 is 0 Å². The molecule has 1 aromatic carbocycles. The van der Waals surface area contributed by atoms with E-state index in [1.54, 1.807) is 12.3 Å². The highest BCUT2D eigenvalue weighted by Gasteiger charge is 2.59. The lowest BCUT2D eigenvalue weighted by atomic mass is 9.50. The highest BCUT2D eigenvalue weighted by atomic mass is 35.5. The van der Waals surface area contributed by atoms with Crippen LogP contribution in [0.15, 0.2) is 36.7 Å². The zero-order chi connectivity index (χ0) is 25.2. The zero-order valence-electron chi connectivity index (χ0n) is 21.1. The van der Waals surface area contributed by atoms with Crippen molar-refractivity contribution in [3.63, 3.8) is 0 Å². The fourth-order valence-electron chi connectivity index (χ4n) is 5.43. The average Bonchev–Trinajstić information content (AvgIpc) is 3.20. The number of nitrogens with one attached hydrogen (secondary N) is 1. The molecule has 1 unspecified atom stereocenters. The molecule has 0 spiro atoms. The molecule has 0 amide bonds. The molecular formula is C27H31ClN8. The smallest absolute Gasteiger partial charge is 0.145 e. The molecular weight excluding hydrogens is 472 g/mol. The van der Waals surface area contributed by atoms with Gasteiger partial charge < -0.3 is 11.1 Å². The quantitative estimate of drug-likeness (QED) is 0.344. The van der Waals surface area contributed by atoms with Crippen molar-refractivity contribution in [2.24, 2.45) is 11.3 Å². The maximum atomic E-state index is 6.68. The summed E-state index contributed by atoms with van der Waals surface area (Å²) >= 11 is 6.68. The molecule has 8 nitrogen and oxygen atoms in total. The van der Waals surface area contributed by atoms with Crippen LogP contribution in [0.4, 0.5) is 11.5 Å². The number of pyridine rings is 1. The Labute approximate surface area is 215 Å². The SMILES string of the molecule is Cc1ncccc1C(c1cn(C23CC(C2)C3)nn1)c1nc(NCC(C)(C)C)c2cc(N)cc(Cl)c2n1. The third kappa shape index (κ3) is 3.88. The van der Waals surface area contributed by atoms with Gasteiger partial charge in [0, 0.05) is 29.5 Å². The summed E-state index contributed by atoms with van der Waals surface area (Å²) in [7, 11) is 0. The summed E-state index contributed by atoms with van der Waals surface area (Å²) in [6.07, 6.45) is 7.45. The molecule has 2 bridgehead atoms. The lowest BCUT2D eigenvalue weighted by molar-refractivity contribution is -0.0989. The molecule has 3 aliphatic rings. The van der Waals surface area contributed by atoms with E-state index in [-0.39, 0.29) is 16.9 Å². The Morgan fingerprint density at radius 3 is 2.67 bits per heavy atom. The first-order chi connectivity index (χ1) is 17.1. The van der Waals surface area contributed by atoms with Crippen LogP contribution in [0, 0.1) is 18.3 Å². The number of nitrogens with zero attached hydrogens (tertiary/aromatic N) is 6. The molecule has 0 radical (unpaired) electrons. The fraction of sp³-hybridized carbons (Fsp3) is 0.444. The minimum atomic E-state index is -0.340. The number of hydrogen-bond acceptors (Lipinski definition) is 7. The predicted molar refractivity (Wildman–Crippen MR) is 142 cm³/mol. The highest BCUT2D eigenvalue weighted by Crippen LogP contribution is 2.62. The van der Waals surface area contributed by atoms with Gasteiger partial charge in [0.1, 0.15) is 11.6 Å². The van der Waals surface area contributed by atoms with Crippen LogP contribution < -0.4 is 11.1 Å². The number of anilines is 2. The number of rotatable bonds is 6. The molecule has 3 aromatic heterocycles. The van der Waals surface area contributed by atoms with Gasteiger partial charge in [-0.15, -0.1) is 5.10 Å². The topological polar surface area (TPSA) is 107 Å². The van der Waals surface area contributed by atoms with Gasteiger partial charge in [0.15, 0.2) is 0 Å². The van der Waals surface area contributed by atoms with Crippen LogP contribution in [0.5, 0.6) is 0 Å². The Bertz CT molecular complexity index is 1450. The average molecular weight is 503 g/mol. The Hall–Kier alpha value is -3.26. The van der Waals surface area contributed by atoms with E-state index in [4.69, 9.17) is 27.3 Å². The normalized spacial score (nSPS) is 21.6.